The lowest BCUT2D eigenvalue weighted by Crippen LogP contribution is -2.82. The lowest BCUT2D eigenvalue weighted by atomic mass is 9.70. The predicted octanol–water partition coefficient (Wildman–Crippen LogP) is 4.66. The van der Waals surface area contributed by atoms with Crippen molar-refractivity contribution >= 4 is 31.7 Å². The lowest BCUT2D eigenvalue weighted by Gasteiger charge is -2.63. The molecule has 142 valence electrons. The van der Waals surface area contributed by atoms with Gasteiger partial charge >= 0.3 is 5.97 Å². The van der Waals surface area contributed by atoms with Gasteiger partial charge in [-0.2, -0.15) is 0 Å². The predicted molar refractivity (Wildman–Crippen MR) is 108 cm³/mol. The summed E-state index contributed by atoms with van der Waals surface area (Å²) < 4.78 is 1.74. The van der Waals surface area contributed by atoms with Crippen LogP contribution in [0, 0.1) is 5.92 Å². The normalized spacial score (nSPS) is 24.0. The number of carbonyl (C=O) groups excluding carboxylic acids is 1. The van der Waals surface area contributed by atoms with Crippen LogP contribution in [0.4, 0.5) is 0 Å². The molecule has 1 saturated heterocycles. The number of β-lactam (4-membered cyclic amide) rings is 1. The molecule has 0 aromatic heterocycles. The SMILES string of the molecule is CC(C)(C)[Si](C)(C)N1C(=O)[C@H](CC=CCl)[C@@]1(Cc1ccccc1)C(=O)O. The first-order chi connectivity index (χ1) is 12.0. The van der Waals surface area contributed by atoms with Gasteiger partial charge in [0.15, 0.2) is 8.24 Å². The van der Waals surface area contributed by atoms with E-state index in [2.05, 4.69) is 33.9 Å². The Kier molecular flexibility index (Phi) is 5.73. The molecule has 0 radical (unpaired) electrons. The number of allylic oxidation sites excluding steroid dienone is 1. The fraction of sp³-hybridized carbons (Fsp3) is 0.500. The van der Waals surface area contributed by atoms with Crippen LogP contribution in [0.3, 0.4) is 0 Å². The molecule has 1 aliphatic rings. The van der Waals surface area contributed by atoms with Gasteiger partial charge in [0.05, 0.1) is 5.92 Å². The van der Waals surface area contributed by atoms with Gasteiger partial charge in [0.25, 0.3) is 0 Å². The average molecular weight is 394 g/mol. The average Bonchev–Trinajstić information content (AvgIpc) is 2.53. The second-order valence-electron chi connectivity index (χ2n) is 8.52. The molecule has 1 amide bonds. The van der Waals surface area contributed by atoms with Crippen molar-refractivity contribution in [1.29, 1.82) is 0 Å². The first-order valence-corrected chi connectivity index (χ1v) is 12.2. The van der Waals surface area contributed by atoms with Crippen molar-refractivity contribution in [2.24, 2.45) is 5.92 Å². The van der Waals surface area contributed by atoms with Gasteiger partial charge in [0.2, 0.25) is 5.91 Å². The van der Waals surface area contributed by atoms with Crippen LogP contribution < -0.4 is 0 Å². The van der Waals surface area contributed by atoms with Crippen molar-refractivity contribution in [3.63, 3.8) is 0 Å². The Balaban J connectivity index is 2.58. The number of carboxylic acid groups (broad SMARTS) is 1. The highest BCUT2D eigenvalue weighted by atomic mass is 35.5. The zero-order valence-corrected chi connectivity index (χ0v) is 17.9. The number of nitrogens with zero attached hydrogens (tertiary/aromatic N) is 1. The molecule has 0 spiro atoms. The molecule has 0 unspecified atom stereocenters. The summed E-state index contributed by atoms with van der Waals surface area (Å²) in [4.78, 5) is 25.7. The molecule has 2 rings (SSSR count). The molecule has 1 aliphatic heterocycles. The maximum absolute atomic E-state index is 13.1. The Morgan fingerprint density at radius 1 is 1.31 bits per heavy atom. The number of hydrogen-bond acceptors (Lipinski definition) is 2. The summed E-state index contributed by atoms with van der Waals surface area (Å²) in [7, 11) is -2.37. The van der Waals surface area contributed by atoms with E-state index in [1.807, 2.05) is 30.3 Å². The first kappa shape index (κ1) is 20.7. The van der Waals surface area contributed by atoms with Crippen molar-refractivity contribution in [3.05, 3.63) is 47.5 Å². The van der Waals surface area contributed by atoms with Gasteiger partial charge in [-0.3, -0.25) is 4.79 Å². The molecule has 1 fully saturated rings. The minimum absolute atomic E-state index is 0.0651. The molecule has 2 atom stereocenters. The Labute approximate surface area is 161 Å². The van der Waals surface area contributed by atoms with Gasteiger partial charge < -0.3 is 9.67 Å². The summed E-state index contributed by atoms with van der Waals surface area (Å²) in [6.45, 7) is 10.4. The summed E-state index contributed by atoms with van der Waals surface area (Å²) in [5, 5.41) is 10.2. The molecule has 1 N–H and O–H groups in total. The smallest absolute Gasteiger partial charge is 0.330 e. The molecular weight excluding hydrogens is 366 g/mol. The van der Waals surface area contributed by atoms with Gasteiger partial charge in [-0.15, -0.1) is 0 Å². The van der Waals surface area contributed by atoms with Crippen LogP contribution in [0.2, 0.25) is 18.1 Å². The fourth-order valence-corrected chi connectivity index (χ4v) is 6.48. The maximum Gasteiger partial charge on any atom is 0.330 e. The highest BCUT2D eigenvalue weighted by Crippen LogP contribution is 2.52. The van der Waals surface area contributed by atoms with Crippen LogP contribution >= 0.6 is 11.6 Å². The van der Waals surface area contributed by atoms with E-state index >= 15 is 0 Å². The molecule has 0 aliphatic carbocycles. The second kappa shape index (κ2) is 7.20. The minimum atomic E-state index is -2.37. The van der Waals surface area contributed by atoms with E-state index in [0.717, 1.165) is 5.56 Å². The Morgan fingerprint density at radius 3 is 2.35 bits per heavy atom. The quantitative estimate of drug-likeness (QED) is 0.564. The van der Waals surface area contributed by atoms with Crippen LogP contribution in [0.25, 0.3) is 0 Å². The van der Waals surface area contributed by atoms with E-state index in [4.69, 9.17) is 11.6 Å². The molecule has 1 aromatic carbocycles. The number of benzene rings is 1. The Bertz CT molecular complexity index is 712. The summed E-state index contributed by atoms with van der Waals surface area (Å²) in [5.41, 5.74) is 1.06. The van der Waals surface area contributed by atoms with Crippen LogP contribution in [0.1, 0.15) is 32.8 Å². The minimum Gasteiger partial charge on any atom is -0.479 e. The largest absolute Gasteiger partial charge is 0.479 e. The molecular formula is C20H28ClNO3Si. The number of hydrogen-bond donors (Lipinski definition) is 1. The van der Waals surface area contributed by atoms with E-state index in [0.29, 0.717) is 12.8 Å². The fourth-order valence-electron chi connectivity index (χ4n) is 3.67. The van der Waals surface area contributed by atoms with Gasteiger partial charge in [-0.25, -0.2) is 4.79 Å². The Hall–Kier alpha value is -1.59. The van der Waals surface area contributed by atoms with E-state index in [-0.39, 0.29) is 10.9 Å². The summed E-state index contributed by atoms with van der Waals surface area (Å²) in [5.74, 6) is -1.59. The highest BCUT2D eigenvalue weighted by Gasteiger charge is 2.69. The second-order valence-corrected chi connectivity index (χ2v) is 13.8. The van der Waals surface area contributed by atoms with Gasteiger partial charge in [0.1, 0.15) is 5.54 Å². The zero-order valence-electron chi connectivity index (χ0n) is 16.1. The first-order valence-electron chi connectivity index (χ1n) is 8.87. The topological polar surface area (TPSA) is 57.6 Å². The third-order valence-electron chi connectivity index (χ3n) is 6.04. The molecule has 1 heterocycles. The number of halogens is 1. The molecule has 1 aromatic rings. The third kappa shape index (κ3) is 3.23. The monoisotopic (exact) mass is 393 g/mol. The molecule has 4 nitrogen and oxygen atoms in total. The van der Waals surface area contributed by atoms with Crippen molar-refractivity contribution < 1.29 is 14.7 Å². The zero-order chi connectivity index (χ0) is 19.8. The molecule has 6 heteroatoms. The van der Waals surface area contributed by atoms with Crippen LogP contribution in [-0.4, -0.2) is 35.3 Å². The number of carboxylic acids is 1. The van der Waals surface area contributed by atoms with Crippen molar-refractivity contribution in [3.8, 4) is 0 Å². The molecule has 26 heavy (non-hydrogen) atoms. The summed E-state index contributed by atoms with van der Waals surface area (Å²) >= 11 is 5.66. The van der Waals surface area contributed by atoms with Crippen molar-refractivity contribution in [2.75, 3.05) is 0 Å². The van der Waals surface area contributed by atoms with Gasteiger partial charge in [-0.1, -0.05) is 81.9 Å². The van der Waals surface area contributed by atoms with E-state index < -0.39 is 25.7 Å². The third-order valence-corrected chi connectivity index (χ3v) is 11.6. The Morgan fingerprint density at radius 2 is 1.88 bits per heavy atom. The maximum atomic E-state index is 13.1. The van der Waals surface area contributed by atoms with E-state index in [9.17, 15) is 14.7 Å². The molecule has 0 bridgehead atoms. The number of amides is 1. The summed E-state index contributed by atoms with van der Waals surface area (Å²) in [6.07, 6.45) is 2.32. The standard InChI is InChI=1S/C20H28ClNO3Si/c1-19(2,3)26(4,5)22-17(23)16(12-9-13-21)20(22,18(24)25)14-15-10-7-6-8-11-15/h6-11,13,16H,12,14H2,1-5H3,(H,24,25)/t16-,20-/m0/s1. The number of aliphatic carboxylic acids is 1. The molecule has 0 saturated carbocycles. The van der Waals surface area contributed by atoms with Gasteiger partial charge in [0, 0.05) is 12.0 Å². The summed E-state index contributed by atoms with van der Waals surface area (Å²) in [6, 6.07) is 9.55. The lowest BCUT2D eigenvalue weighted by molar-refractivity contribution is -0.178. The number of rotatable bonds is 6. The van der Waals surface area contributed by atoms with E-state index in [1.54, 1.807) is 10.6 Å². The highest BCUT2D eigenvalue weighted by molar-refractivity contribution is 6.80. The van der Waals surface area contributed by atoms with Crippen molar-refractivity contribution in [2.45, 2.75) is 57.3 Å². The van der Waals surface area contributed by atoms with Crippen LogP contribution in [-0.2, 0) is 16.0 Å². The van der Waals surface area contributed by atoms with E-state index in [1.165, 1.54) is 5.54 Å². The van der Waals surface area contributed by atoms with Crippen molar-refractivity contribution in [1.82, 2.24) is 4.57 Å². The van der Waals surface area contributed by atoms with Crippen LogP contribution in [0.15, 0.2) is 41.9 Å². The number of carbonyl (C=O) groups is 2. The van der Waals surface area contributed by atoms with Gasteiger partial charge in [-0.05, 0) is 17.0 Å². The van der Waals surface area contributed by atoms with Crippen LogP contribution in [0.5, 0.6) is 0 Å².